The molecule has 1 aliphatic carbocycles. The van der Waals surface area contributed by atoms with Crippen molar-refractivity contribution in [3.63, 3.8) is 0 Å². The number of nitrogens with zero attached hydrogens (tertiary/aromatic N) is 3. The maximum Gasteiger partial charge on any atom is 0.0969 e. The monoisotopic (exact) mass is 355 g/mol. The molecule has 4 rings (SSSR count). The first kappa shape index (κ1) is 17.2. The number of rotatable bonds is 3. The van der Waals surface area contributed by atoms with E-state index >= 15 is 0 Å². The number of aromatic nitrogens is 1. The number of hydrogen-bond donors (Lipinski definition) is 0. The Balaban J connectivity index is 1.53. The molecule has 1 fully saturated rings. The minimum Gasteiger partial charge on any atom is -0.306 e. The lowest BCUT2D eigenvalue weighted by molar-refractivity contribution is 0.216. The van der Waals surface area contributed by atoms with Gasteiger partial charge in [0.2, 0.25) is 0 Å². The number of aliphatic imine (C=N–C) groups is 1. The van der Waals surface area contributed by atoms with E-state index in [1.165, 1.54) is 58.6 Å². The molecule has 0 amide bonds. The summed E-state index contributed by atoms with van der Waals surface area (Å²) in [5, 5.41) is 1.35. The summed E-state index contributed by atoms with van der Waals surface area (Å²) in [6.07, 6.45) is 7.52. The second kappa shape index (κ2) is 7.16. The Morgan fingerprint density at radius 3 is 2.56 bits per heavy atom. The Bertz CT molecular complexity index is 769. The lowest BCUT2D eigenvalue weighted by Crippen LogP contribution is -2.31. The average Bonchev–Trinajstić information content (AvgIpc) is 3.05. The third-order valence-corrected chi connectivity index (χ3v) is 7.18. The first-order valence-electron chi connectivity index (χ1n) is 9.71. The van der Waals surface area contributed by atoms with E-state index in [1.54, 1.807) is 0 Å². The molecule has 2 aliphatic rings. The third-order valence-electron chi connectivity index (χ3n) is 5.98. The number of hydrogen-bond acceptors (Lipinski definition) is 4. The molecule has 25 heavy (non-hydrogen) atoms. The summed E-state index contributed by atoms with van der Waals surface area (Å²) < 4.78 is 1.33. The summed E-state index contributed by atoms with van der Waals surface area (Å²) >= 11 is 1.90. The maximum atomic E-state index is 5.03. The van der Waals surface area contributed by atoms with Gasteiger partial charge in [-0.3, -0.25) is 4.99 Å². The summed E-state index contributed by atoms with van der Waals surface area (Å²) in [6, 6.07) is 7.54. The van der Waals surface area contributed by atoms with Crippen molar-refractivity contribution in [1.82, 2.24) is 9.88 Å². The number of fused-ring (bicyclic) bond motifs is 1. The highest BCUT2D eigenvalue weighted by molar-refractivity contribution is 7.18. The molecule has 0 radical (unpaired) electrons. The van der Waals surface area contributed by atoms with Crippen LogP contribution in [0.5, 0.6) is 0 Å². The molecule has 134 valence electrons. The Hall–Kier alpha value is -1.26. The van der Waals surface area contributed by atoms with Crippen LogP contribution in [0.3, 0.4) is 0 Å². The second-order valence-corrected chi connectivity index (χ2v) is 9.20. The van der Waals surface area contributed by atoms with Crippen LogP contribution in [0.15, 0.2) is 23.2 Å². The van der Waals surface area contributed by atoms with Crippen molar-refractivity contribution in [1.29, 1.82) is 0 Å². The topological polar surface area (TPSA) is 28.5 Å². The molecule has 0 bridgehead atoms. The van der Waals surface area contributed by atoms with Crippen molar-refractivity contribution in [3.8, 4) is 0 Å². The zero-order chi connectivity index (χ0) is 17.4. The lowest BCUT2D eigenvalue weighted by atomic mass is 9.86. The SMILES string of the molecule is C[C@H]1CCC(c2ccc3sc(C4CCC(N(C)C)CC4)nc3c2)=NC1. The normalized spacial score (nSPS) is 27.7. The van der Waals surface area contributed by atoms with Gasteiger partial charge in [0.15, 0.2) is 0 Å². The van der Waals surface area contributed by atoms with Crippen LogP contribution in [0.4, 0.5) is 0 Å². The zero-order valence-corrected chi connectivity index (χ0v) is 16.5. The van der Waals surface area contributed by atoms with E-state index in [-0.39, 0.29) is 0 Å². The standard InChI is InChI=1S/C21H29N3S/c1-14-4-10-18(22-13-14)16-7-11-20-19(12-16)23-21(25-20)15-5-8-17(9-6-15)24(2)3/h7,11-12,14-15,17H,4-6,8-10,13H2,1-3H3/t14-,15?,17?/m0/s1. The molecule has 1 aromatic heterocycles. The van der Waals surface area contributed by atoms with Crippen molar-refractivity contribution in [2.75, 3.05) is 20.6 Å². The molecule has 2 aromatic rings. The van der Waals surface area contributed by atoms with Crippen LogP contribution in [0.1, 0.15) is 61.9 Å². The predicted molar refractivity (Wildman–Crippen MR) is 108 cm³/mol. The summed E-state index contributed by atoms with van der Waals surface area (Å²) in [5.74, 6) is 1.39. The fourth-order valence-corrected chi connectivity index (χ4v) is 5.31. The summed E-state index contributed by atoms with van der Waals surface area (Å²) in [7, 11) is 4.41. The summed E-state index contributed by atoms with van der Waals surface area (Å²) in [4.78, 5) is 12.2. The third kappa shape index (κ3) is 3.65. The van der Waals surface area contributed by atoms with Crippen LogP contribution in [0.25, 0.3) is 10.2 Å². The minimum atomic E-state index is 0.657. The Labute approximate surface area is 155 Å². The van der Waals surface area contributed by atoms with Gasteiger partial charge in [-0.2, -0.15) is 0 Å². The van der Waals surface area contributed by atoms with Gasteiger partial charge in [0.05, 0.1) is 15.2 Å². The van der Waals surface area contributed by atoms with E-state index in [0.29, 0.717) is 5.92 Å². The number of benzene rings is 1. The summed E-state index contributed by atoms with van der Waals surface area (Å²) in [5.41, 5.74) is 3.74. The molecule has 0 spiro atoms. The molecular formula is C21H29N3S. The first-order chi connectivity index (χ1) is 12.1. The van der Waals surface area contributed by atoms with Crippen molar-refractivity contribution in [2.24, 2.45) is 10.9 Å². The fraction of sp³-hybridized carbons (Fsp3) is 0.619. The van der Waals surface area contributed by atoms with Gasteiger partial charge in [0.1, 0.15) is 0 Å². The van der Waals surface area contributed by atoms with Gasteiger partial charge in [-0.05, 0) is 76.2 Å². The molecule has 0 unspecified atom stereocenters. The van der Waals surface area contributed by atoms with Crippen LogP contribution in [-0.2, 0) is 0 Å². The van der Waals surface area contributed by atoms with E-state index in [2.05, 4.69) is 44.1 Å². The molecule has 0 saturated heterocycles. The van der Waals surface area contributed by atoms with Crippen molar-refractivity contribution in [3.05, 3.63) is 28.8 Å². The van der Waals surface area contributed by atoms with Crippen molar-refractivity contribution >= 4 is 27.3 Å². The van der Waals surface area contributed by atoms with E-state index in [0.717, 1.165) is 24.9 Å². The number of thiazole rings is 1. The quantitative estimate of drug-likeness (QED) is 0.766. The average molecular weight is 356 g/mol. The predicted octanol–water partition coefficient (Wildman–Crippen LogP) is 5.10. The van der Waals surface area contributed by atoms with Gasteiger partial charge in [-0.1, -0.05) is 13.0 Å². The van der Waals surface area contributed by atoms with E-state index < -0.39 is 0 Å². The highest BCUT2D eigenvalue weighted by Gasteiger charge is 2.25. The van der Waals surface area contributed by atoms with Gasteiger partial charge in [0.25, 0.3) is 0 Å². The van der Waals surface area contributed by atoms with Gasteiger partial charge in [0, 0.05) is 24.2 Å². The van der Waals surface area contributed by atoms with Crippen LogP contribution in [0.2, 0.25) is 0 Å². The largest absolute Gasteiger partial charge is 0.306 e. The van der Waals surface area contributed by atoms with Gasteiger partial charge < -0.3 is 4.90 Å². The molecule has 4 heteroatoms. The van der Waals surface area contributed by atoms with Crippen LogP contribution < -0.4 is 0 Å². The van der Waals surface area contributed by atoms with E-state index in [4.69, 9.17) is 9.98 Å². The molecule has 2 heterocycles. The van der Waals surface area contributed by atoms with E-state index in [1.807, 2.05) is 11.3 Å². The van der Waals surface area contributed by atoms with Crippen molar-refractivity contribution in [2.45, 2.75) is 57.4 Å². The molecule has 1 saturated carbocycles. The van der Waals surface area contributed by atoms with Gasteiger partial charge in [-0.25, -0.2) is 4.98 Å². The zero-order valence-electron chi connectivity index (χ0n) is 15.7. The fourth-order valence-electron chi connectivity index (χ4n) is 4.19. The van der Waals surface area contributed by atoms with Gasteiger partial charge >= 0.3 is 0 Å². The molecule has 1 aromatic carbocycles. The second-order valence-electron chi connectivity index (χ2n) is 8.13. The maximum absolute atomic E-state index is 5.03. The minimum absolute atomic E-state index is 0.657. The van der Waals surface area contributed by atoms with Crippen LogP contribution >= 0.6 is 11.3 Å². The lowest BCUT2D eigenvalue weighted by Gasteiger charge is -2.31. The Morgan fingerprint density at radius 1 is 1.08 bits per heavy atom. The highest BCUT2D eigenvalue weighted by atomic mass is 32.1. The molecule has 3 nitrogen and oxygen atoms in total. The van der Waals surface area contributed by atoms with E-state index in [9.17, 15) is 0 Å². The smallest absolute Gasteiger partial charge is 0.0969 e. The Kier molecular flexibility index (Phi) is 4.92. The molecular weight excluding hydrogens is 326 g/mol. The molecule has 1 aliphatic heterocycles. The molecule has 0 N–H and O–H groups in total. The molecule has 1 atom stereocenters. The highest BCUT2D eigenvalue weighted by Crippen LogP contribution is 2.38. The first-order valence-corrected chi connectivity index (χ1v) is 10.5. The summed E-state index contributed by atoms with van der Waals surface area (Å²) in [6.45, 7) is 3.27. The Morgan fingerprint density at radius 2 is 1.88 bits per heavy atom. The van der Waals surface area contributed by atoms with Crippen LogP contribution in [-0.4, -0.2) is 42.3 Å². The van der Waals surface area contributed by atoms with Crippen molar-refractivity contribution < 1.29 is 0 Å². The van der Waals surface area contributed by atoms with Crippen LogP contribution in [0, 0.1) is 5.92 Å². The van der Waals surface area contributed by atoms with Gasteiger partial charge in [-0.15, -0.1) is 11.3 Å².